The lowest BCUT2D eigenvalue weighted by molar-refractivity contribution is -0.137. The van der Waals surface area contributed by atoms with E-state index in [2.05, 4.69) is 35.7 Å². The van der Waals surface area contributed by atoms with Gasteiger partial charge < -0.3 is 14.9 Å². The van der Waals surface area contributed by atoms with Crippen molar-refractivity contribution < 1.29 is 27.9 Å². The average Bonchev–Trinajstić information content (AvgIpc) is 3.52. The normalized spacial score (nSPS) is 21.1. The van der Waals surface area contributed by atoms with E-state index in [0.29, 0.717) is 38.2 Å². The number of benzene rings is 1. The van der Waals surface area contributed by atoms with Crippen LogP contribution >= 0.6 is 0 Å². The first-order valence-corrected chi connectivity index (χ1v) is 13.6. The molecule has 2 fully saturated rings. The molecule has 39 heavy (non-hydrogen) atoms. The lowest BCUT2D eigenvalue weighted by Crippen LogP contribution is -2.53. The molecule has 2 aromatic rings. The number of carbonyl (C=O) groups is 2. The number of aromatic nitrogens is 2. The third kappa shape index (κ3) is 6.57. The topological polar surface area (TPSA) is 81.9 Å². The van der Waals surface area contributed by atoms with E-state index in [9.17, 15) is 22.8 Å². The zero-order valence-electron chi connectivity index (χ0n) is 23.6. The van der Waals surface area contributed by atoms with E-state index in [1.807, 2.05) is 20.9 Å². The fraction of sp³-hybridized carbons (Fsp3) is 0.607. The predicted octanol–water partition coefficient (Wildman–Crippen LogP) is 5.96. The van der Waals surface area contributed by atoms with Crippen molar-refractivity contribution in [2.75, 3.05) is 25.0 Å². The molecule has 3 heterocycles. The molecule has 0 aliphatic carbocycles. The Labute approximate surface area is 228 Å². The monoisotopic (exact) mass is 551 g/mol. The van der Waals surface area contributed by atoms with E-state index in [-0.39, 0.29) is 29.3 Å². The Hall–Kier alpha value is -3.08. The molecule has 0 saturated carbocycles. The third-order valence-corrected chi connectivity index (χ3v) is 8.09. The van der Waals surface area contributed by atoms with Crippen molar-refractivity contribution in [2.45, 2.75) is 90.6 Å². The van der Waals surface area contributed by atoms with Crippen LogP contribution in [0.3, 0.4) is 0 Å². The van der Waals surface area contributed by atoms with Gasteiger partial charge in [-0.25, -0.2) is 9.59 Å². The molecule has 1 amide bonds. The number of carbonyl (C=O) groups excluding carboxylic acids is 1. The van der Waals surface area contributed by atoms with Crippen molar-refractivity contribution in [1.29, 1.82) is 0 Å². The second-order valence-corrected chi connectivity index (χ2v) is 10.6. The van der Waals surface area contributed by atoms with Crippen molar-refractivity contribution in [2.24, 2.45) is 0 Å². The Morgan fingerprint density at radius 2 is 1.69 bits per heavy atom. The van der Waals surface area contributed by atoms with Gasteiger partial charge >= 0.3 is 18.2 Å². The minimum absolute atomic E-state index is 0.163. The van der Waals surface area contributed by atoms with Crippen molar-refractivity contribution >= 4 is 17.7 Å². The van der Waals surface area contributed by atoms with Crippen LogP contribution in [0.2, 0.25) is 0 Å². The number of carboxylic acid groups (broad SMARTS) is 1. The number of rotatable bonds is 5. The van der Waals surface area contributed by atoms with E-state index < -0.39 is 17.7 Å². The average molecular weight is 552 g/mol. The maximum atomic E-state index is 13.6. The molecule has 0 spiro atoms. The highest BCUT2D eigenvalue weighted by Crippen LogP contribution is 2.39. The van der Waals surface area contributed by atoms with Crippen LogP contribution in [0.4, 0.5) is 23.7 Å². The highest BCUT2D eigenvalue weighted by Gasteiger charge is 2.38. The number of piperidine rings is 1. The van der Waals surface area contributed by atoms with Gasteiger partial charge in [-0.3, -0.25) is 4.90 Å². The molecule has 2 aliphatic rings. The van der Waals surface area contributed by atoms with Crippen LogP contribution in [-0.4, -0.2) is 74.4 Å². The first-order chi connectivity index (χ1) is 18.3. The largest absolute Gasteiger partial charge is 0.476 e. The zero-order chi connectivity index (χ0) is 29.1. The number of amides is 1. The van der Waals surface area contributed by atoms with Gasteiger partial charge in [0.2, 0.25) is 0 Å². The molecule has 11 heteroatoms. The van der Waals surface area contributed by atoms with E-state index >= 15 is 0 Å². The number of aromatic carboxylic acids is 1. The Morgan fingerprint density at radius 1 is 1.10 bits per heavy atom. The van der Waals surface area contributed by atoms with Gasteiger partial charge in [0, 0.05) is 49.1 Å². The number of hydrogen-bond acceptors (Lipinski definition) is 5. The van der Waals surface area contributed by atoms with Crippen LogP contribution in [0.25, 0.3) is 0 Å². The summed E-state index contributed by atoms with van der Waals surface area (Å²) in [4.78, 5) is 29.8. The van der Waals surface area contributed by atoms with Gasteiger partial charge in [-0.2, -0.15) is 23.0 Å². The van der Waals surface area contributed by atoms with Gasteiger partial charge in [-0.15, -0.1) is 0 Å². The number of halogens is 3. The molecule has 1 N–H and O–H groups in total. The minimum atomic E-state index is -4.41. The molecule has 2 aliphatic heterocycles. The summed E-state index contributed by atoms with van der Waals surface area (Å²) in [5, 5.41) is 12.9. The summed E-state index contributed by atoms with van der Waals surface area (Å²) in [6.07, 6.45) is 0.148. The van der Waals surface area contributed by atoms with Gasteiger partial charge in [-0.1, -0.05) is 19.9 Å². The van der Waals surface area contributed by atoms with Gasteiger partial charge in [0.05, 0.1) is 5.56 Å². The third-order valence-electron chi connectivity index (χ3n) is 8.09. The molecule has 8 nitrogen and oxygen atoms in total. The molecule has 1 aromatic heterocycles. The zero-order valence-corrected chi connectivity index (χ0v) is 23.6. The molecule has 2 saturated heterocycles. The molecule has 2 unspecified atom stereocenters. The number of nitrogens with zero attached hydrogens (tertiary/aromatic N) is 5. The fourth-order valence-corrected chi connectivity index (χ4v) is 5.48. The van der Waals surface area contributed by atoms with Crippen molar-refractivity contribution in [3.8, 4) is 0 Å². The van der Waals surface area contributed by atoms with E-state index in [0.717, 1.165) is 29.2 Å². The first kappa shape index (κ1) is 30.5. The second kappa shape index (κ2) is 12.0. The second-order valence-electron chi connectivity index (χ2n) is 10.6. The highest BCUT2D eigenvalue weighted by molar-refractivity contribution is 5.86. The Bertz CT molecular complexity index is 1150. The first-order valence-electron chi connectivity index (χ1n) is 13.6. The molecule has 4 rings (SSSR count). The molecule has 1 aromatic carbocycles. The van der Waals surface area contributed by atoms with Gasteiger partial charge in [-0.05, 0) is 77.3 Å². The molecule has 0 bridgehead atoms. The standard InChI is InChI=1S/C26H34F3N5O3.C2H6/c1-17-5-6-18(2)34(17)22-15-20(26(27,28)29)8-7-19(22)16-31(4)25(3)10-13-32(14-11-25)24(37)33-12-9-21(30-33)23(35)36;1-2/h7-9,12,15,17-18H,5-6,10-11,13-14,16H2,1-4H3,(H,35,36);1-2H3. The highest BCUT2D eigenvalue weighted by atomic mass is 19.4. The quantitative estimate of drug-likeness (QED) is 0.494. The summed E-state index contributed by atoms with van der Waals surface area (Å²) in [5.74, 6) is -1.19. The van der Waals surface area contributed by atoms with E-state index in [4.69, 9.17) is 5.11 Å². The van der Waals surface area contributed by atoms with Gasteiger partial charge in [0.25, 0.3) is 0 Å². The van der Waals surface area contributed by atoms with Crippen LogP contribution in [-0.2, 0) is 12.7 Å². The summed E-state index contributed by atoms with van der Waals surface area (Å²) in [5.41, 5.74) is 0.402. The minimum Gasteiger partial charge on any atom is -0.476 e. The Balaban J connectivity index is 0.00000205. The van der Waals surface area contributed by atoms with Crippen LogP contribution in [0.1, 0.15) is 81.9 Å². The molecular weight excluding hydrogens is 511 g/mol. The van der Waals surface area contributed by atoms with Gasteiger partial charge in [0.1, 0.15) is 0 Å². The lowest BCUT2D eigenvalue weighted by Gasteiger charge is -2.45. The lowest BCUT2D eigenvalue weighted by atomic mass is 9.87. The molecule has 216 valence electrons. The van der Waals surface area contributed by atoms with E-state index in [1.54, 1.807) is 11.0 Å². The van der Waals surface area contributed by atoms with Gasteiger partial charge in [0.15, 0.2) is 5.69 Å². The number of hydrogen-bond donors (Lipinski definition) is 1. The van der Waals surface area contributed by atoms with Crippen molar-refractivity contribution in [1.82, 2.24) is 19.6 Å². The predicted molar refractivity (Wildman–Crippen MR) is 144 cm³/mol. The SMILES string of the molecule is CC.CC1CCC(C)N1c1cc(C(F)(F)F)ccc1CN(C)C1(C)CCN(C(=O)n2ccc(C(=O)O)n2)CC1. The summed E-state index contributed by atoms with van der Waals surface area (Å²) >= 11 is 0. The number of carboxylic acids is 1. The van der Waals surface area contributed by atoms with Crippen molar-refractivity contribution in [3.05, 3.63) is 47.3 Å². The summed E-state index contributed by atoms with van der Waals surface area (Å²) in [6.45, 7) is 11.6. The molecule has 0 radical (unpaired) electrons. The number of likely N-dealkylation sites (tertiary alicyclic amines) is 1. The van der Waals surface area contributed by atoms with Crippen LogP contribution in [0, 0.1) is 0 Å². The summed E-state index contributed by atoms with van der Waals surface area (Å²) < 4.78 is 41.7. The van der Waals surface area contributed by atoms with Crippen LogP contribution < -0.4 is 4.90 Å². The molecule has 2 atom stereocenters. The Morgan fingerprint density at radius 3 is 2.21 bits per heavy atom. The van der Waals surface area contributed by atoms with Crippen LogP contribution in [0.15, 0.2) is 30.5 Å². The maximum Gasteiger partial charge on any atom is 0.416 e. The molecular formula is C28H40F3N5O3. The summed E-state index contributed by atoms with van der Waals surface area (Å²) in [7, 11) is 1.97. The Kier molecular flexibility index (Phi) is 9.35. The van der Waals surface area contributed by atoms with Crippen LogP contribution in [0.5, 0.6) is 0 Å². The number of anilines is 1. The number of alkyl halides is 3. The smallest absolute Gasteiger partial charge is 0.416 e. The summed E-state index contributed by atoms with van der Waals surface area (Å²) in [6, 6.07) is 5.29. The fourth-order valence-electron chi connectivity index (χ4n) is 5.48. The van der Waals surface area contributed by atoms with E-state index in [1.165, 1.54) is 18.3 Å². The van der Waals surface area contributed by atoms with Crippen molar-refractivity contribution in [3.63, 3.8) is 0 Å². The maximum absolute atomic E-state index is 13.6.